The van der Waals surface area contributed by atoms with Gasteiger partial charge in [0.1, 0.15) is 5.75 Å². The Morgan fingerprint density at radius 1 is 1.43 bits per heavy atom. The van der Waals surface area contributed by atoms with E-state index in [1.165, 1.54) is 11.1 Å². The molecule has 3 nitrogen and oxygen atoms in total. The Hall–Kier alpha value is -1.77. The predicted molar refractivity (Wildman–Crippen MR) is 83.4 cm³/mol. The van der Waals surface area contributed by atoms with Crippen LogP contribution in [-0.2, 0) is 17.6 Å². The van der Waals surface area contributed by atoms with Gasteiger partial charge in [-0.15, -0.1) is 0 Å². The highest BCUT2D eigenvalue weighted by Gasteiger charge is 2.20. The van der Waals surface area contributed by atoms with E-state index in [4.69, 9.17) is 4.74 Å². The summed E-state index contributed by atoms with van der Waals surface area (Å²) in [6, 6.07) is 6.55. The average molecular weight is 285 g/mol. The van der Waals surface area contributed by atoms with Crippen molar-refractivity contribution >= 4 is 5.91 Å². The van der Waals surface area contributed by atoms with E-state index in [-0.39, 0.29) is 17.9 Å². The summed E-state index contributed by atoms with van der Waals surface area (Å²) in [6.45, 7) is 2.88. The number of benzene rings is 1. The minimum Gasteiger partial charge on any atom is -0.493 e. The fourth-order valence-corrected chi connectivity index (χ4v) is 3.16. The third-order valence-electron chi connectivity index (χ3n) is 4.32. The van der Waals surface area contributed by atoms with Crippen LogP contribution in [0, 0.1) is 5.92 Å². The second-order valence-corrected chi connectivity index (χ2v) is 6.14. The molecule has 1 aromatic rings. The van der Waals surface area contributed by atoms with E-state index >= 15 is 0 Å². The Labute approximate surface area is 126 Å². The lowest BCUT2D eigenvalue weighted by atomic mass is 9.93. The highest BCUT2D eigenvalue weighted by molar-refractivity contribution is 5.79. The molecular weight excluding hydrogens is 262 g/mol. The van der Waals surface area contributed by atoms with Gasteiger partial charge in [-0.1, -0.05) is 24.3 Å². The summed E-state index contributed by atoms with van der Waals surface area (Å²) in [5, 5.41) is 3.16. The van der Waals surface area contributed by atoms with Crippen LogP contribution in [0.1, 0.15) is 37.3 Å². The summed E-state index contributed by atoms with van der Waals surface area (Å²) in [7, 11) is 0. The fourth-order valence-electron chi connectivity index (χ4n) is 3.16. The largest absolute Gasteiger partial charge is 0.493 e. The lowest BCUT2D eigenvalue weighted by Gasteiger charge is -2.21. The molecule has 0 radical (unpaired) electrons. The van der Waals surface area contributed by atoms with Gasteiger partial charge < -0.3 is 10.1 Å². The van der Waals surface area contributed by atoms with Crippen LogP contribution in [-0.4, -0.2) is 18.6 Å². The van der Waals surface area contributed by atoms with Gasteiger partial charge in [-0.25, -0.2) is 0 Å². The summed E-state index contributed by atoms with van der Waals surface area (Å²) in [6.07, 6.45) is 9.05. The maximum absolute atomic E-state index is 12.2. The molecule has 0 bridgehead atoms. The van der Waals surface area contributed by atoms with E-state index in [9.17, 15) is 4.79 Å². The standard InChI is InChI=1S/C18H23NO2/c1-13(19-18(20)15-5-3-2-4-6-15)11-14-7-8-17-16(12-14)9-10-21-17/h2-3,7-8,12-13,15H,4-6,9-11H2,1H3,(H,19,20). The first kappa shape index (κ1) is 14.2. The second-order valence-electron chi connectivity index (χ2n) is 6.14. The van der Waals surface area contributed by atoms with Crippen molar-refractivity contribution in [3.8, 4) is 5.75 Å². The molecule has 1 aromatic carbocycles. The van der Waals surface area contributed by atoms with Gasteiger partial charge in [0.2, 0.25) is 5.91 Å². The van der Waals surface area contributed by atoms with Crippen molar-refractivity contribution in [1.82, 2.24) is 5.32 Å². The third kappa shape index (κ3) is 3.46. The van der Waals surface area contributed by atoms with Crippen LogP contribution in [0.2, 0.25) is 0 Å². The van der Waals surface area contributed by atoms with Crippen LogP contribution in [0.25, 0.3) is 0 Å². The molecule has 3 rings (SSSR count). The Kier molecular flexibility index (Phi) is 4.28. The first-order valence-corrected chi connectivity index (χ1v) is 7.92. The monoisotopic (exact) mass is 285 g/mol. The van der Waals surface area contributed by atoms with Crippen LogP contribution < -0.4 is 10.1 Å². The number of ether oxygens (including phenoxy) is 1. The van der Waals surface area contributed by atoms with Gasteiger partial charge >= 0.3 is 0 Å². The Balaban J connectivity index is 1.55. The maximum Gasteiger partial charge on any atom is 0.223 e. The Morgan fingerprint density at radius 2 is 2.33 bits per heavy atom. The SMILES string of the molecule is CC(Cc1ccc2c(c1)CCO2)NC(=O)C1CC=CCC1. The van der Waals surface area contributed by atoms with Crippen molar-refractivity contribution < 1.29 is 9.53 Å². The number of carbonyl (C=O) groups is 1. The molecule has 1 heterocycles. The first-order chi connectivity index (χ1) is 10.2. The van der Waals surface area contributed by atoms with E-state index in [1.807, 2.05) is 0 Å². The van der Waals surface area contributed by atoms with Gasteiger partial charge in [-0.05, 0) is 49.8 Å². The second kappa shape index (κ2) is 6.33. The van der Waals surface area contributed by atoms with Crippen LogP contribution in [0.5, 0.6) is 5.75 Å². The molecule has 1 aliphatic heterocycles. The van der Waals surface area contributed by atoms with Crippen molar-refractivity contribution in [3.63, 3.8) is 0 Å². The lowest BCUT2D eigenvalue weighted by molar-refractivity contribution is -0.125. The molecule has 112 valence electrons. The number of nitrogens with one attached hydrogen (secondary N) is 1. The van der Waals surface area contributed by atoms with Gasteiger partial charge in [0, 0.05) is 18.4 Å². The summed E-state index contributed by atoms with van der Waals surface area (Å²) in [4.78, 5) is 12.2. The minimum absolute atomic E-state index is 0.158. The molecule has 0 aromatic heterocycles. The van der Waals surface area contributed by atoms with E-state index < -0.39 is 0 Å². The van der Waals surface area contributed by atoms with E-state index in [2.05, 4.69) is 42.6 Å². The third-order valence-corrected chi connectivity index (χ3v) is 4.32. The molecule has 1 aliphatic carbocycles. The molecule has 0 spiro atoms. The average Bonchev–Trinajstić information content (AvgIpc) is 2.95. The molecule has 0 saturated heterocycles. The van der Waals surface area contributed by atoms with Crippen molar-refractivity contribution in [2.24, 2.45) is 5.92 Å². The summed E-state index contributed by atoms with van der Waals surface area (Å²) < 4.78 is 5.53. The Bertz CT molecular complexity index is 550. The number of amides is 1. The van der Waals surface area contributed by atoms with Crippen molar-refractivity contribution in [2.45, 2.75) is 45.1 Å². The number of hydrogen-bond donors (Lipinski definition) is 1. The van der Waals surface area contributed by atoms with Crippen molar-refractivity contribution in [3.05, 3.63) is 41.5 Å². The zero-order valence-corrected chi connectivity index (χ0v) is 12.6. The first-order valence-electron chi connectivity index (χ1n) is 7.92. The zero-order chi connectivity index (χ0) is 14.7. The highest BCUT2D eigenvalue weighted by Crippen LogP contribution is 2.26. The summed E-state index contributed by atoms with van der Waals surface area (Å²) in [5.74, 6) is 1.38. The number of hydrogen-bond acceptors (Lipinski definition) is 2. The molecule has 21 heavy (non-hydrogen) atoms. The highest BCUT2D eigenvalue weighted by atomic mass is 16.5. The fraction of sp³-hybridized carbons (Fsp3) is 0.500. The van der Waals surface area contributed by atoms with Crippen LogP contribution in [0.15, 0.2) is 30.4 Å². The van der Waals surface area contributed by atoms with E-state index in [1.54, 1.807) is 0 Å². The van der Waals surface area contributed by atoms with Gasteiger partial charge in [0.25, 0.3) is 0 Å². The lowest BCUT2D eigenvalue weighted by Crippen LogP contribution is -2.38. The van der Waals surface area contributed by atoms with E-state index in [0.29, 0.717) is 0 Å². The smallest absolute Gasteiger partial charge is 0.223 e. The molecule has 2 unspecified atom stereocenters. The van der Waals surface area contributed by atoms with Crippen molar-refractivity contribution in [2.75, 3.05) is 6.61 Å². The number of rotatable bonds is 4. The van der Waals surface area contributed by atoms with E-state index in [0.717, 1.165) is 44.5 Å². The molecule has 2 atom stereocenters. The molecule has 2 aliphatic rings. The molecule has 1 amide bonds. The van der Waals surface area contributed by atoms with Crippen LogP contribution >= 0.6 is 0 Å². The number of allylic oxidation sites excluding steroid dienone is 2. The summed E-state index contributed by atoms with van der Waals surface area (Å²) >= 11 is 0. The van der Waals surface area contributed by atoms with Gasteiger partial charge in [-0.2, -0.15) is 0 Å². The predicted octanol–water partition coefficient (Wildman–Crippen LogP) is 3.03. The maximum atomic E-state index is 12.2. The van der Waals surface area contributed by atoms with Gasteiger partial charge in [0.15, 0.2) is 0 Å². The molecular formula is C18H23NO2. The van der Waals surface area contributed by atoms with Crippen LogP contribution in [0.3, 0.4) is 0 Å². The van der Waals surface area contributed by atoms with Gasteiger partial charge in [0.05, 0.1) is 6.61 Å². The van der Waals surface area contributed by atoms with Gasteiger partial charge in [-0.3, -0.25) is 4.79 Å². The van der Waals surface area contributed by atoms with Crippen molar-refractivity contribution in [1.29, 1.82) is 0 Å². The molecule has 0 saturated carbocycles. The quantitative estimate of drug-likeness (QED) is 0.864. The Morgan fingerprint density at radius 3 is 3.14 bits per heavy atom. The molecule has 3 heteroatoms. The topological polar surface area (TPSA) is 38.3 Å². The zero-order valence-electron chi connectivity index (χ0n) is 12.6. The normalized spacial score (nSPS) is 21.5. The van der Waals surface area contributed by atoms with Crippen LogP contribution in [0.4, 0.5) is 0 Å². The molecule has 0 fully saturated rings. The molecule has 1 N–H and O–H groups in total. The summed E-state index contributed by atoms with van der Waals surface area (Å²) in [5.41, 5.74) is 2.57. The number of carbonyl (C=O) groups excluding carboxylic acids is 1. The minimum atomic E-state index is 0.158. The number of fused-ring (bicyclic) bond motifs is 1.